The van der Waals surface area contributed by atoms with Gasteiger partial charge in [0.1, 0.15) is 48.0 Å². The Kier molecular flexibility index (Phi) is 27.7. The summed E-state index contributed by atoms with van der Waals surface area (Å²) in [4.78, 5) is 154. The van der Waals surface area contributed by atoms with E-state index in [0.717, 1.165) is 17.7 Å². The zero-order valence-electron chi connectivity index (χ0n) is 47.5. The largest absolute Gasteiger partial charge is 0.481 e. The molecule has 2 unspecified atom stereocenters. The molecule has 4 aromatic rings. The monoisotopic (exact) mass is 1270 g/mol. The fourth-order valence-corrected chi connectivity index (χ4v) is 10.2. The molecule has 1 aliphatic rings. The number of para-hydroxylation sites is 1. The Balaban J connectivity index is 1.50. The van der Waals surface area contributed by atoms with Crippen molar-refractivity contribution in [2.24, 2.45) is 5.73 Å². The van der Waals surface area contributed by atoms with E-state index in [0.29, 0.717) is 29.6 Å². The van der Waals surface area contributed by atoms with Crippen LogP contribution in [0.4, 0.5) is 0 Å². The zero-order valence-corrected chi connectivity index (χ0v) is 49.9. The summed E-state index contributed by atoms with van der Waals surface area (Å²) in [6.07, 6.45) is 2.61. The smallest absolute Gasteiger partial charge is 0.446 e. The van der Waals surface area contributed by atoms with E-state index in [1.807, 2.05) is 30.3 Å². The number of hydrogen-bond acceptors (Lipinski definition) is 18. The predicted octanol–water partition coefficient (Wildman–Crippen LogP) is -1.87. The normalized spacial score (nSPS) is 19.3. The highest BCUT2D eigenvalue weighted by molar-refractivity contribution is 7.98. The Morgan fingerprint density at radius 2 is 1.31 bits per heavy atom. The number of nitrogens with two attached hydrogens (primary N) is 1. The maximum absolute atomic E-state index is 14.8. The lowest BCUT2D eigenvalue weighted by atomic mass is 10.0. The van der Waals surface area contributed by atoms with Crippen molar-refractivity contribution in [3.05, 3.63) is 102 Å². The minimum absolute atomic E-state index is 0.0466. The fourth-order valence-electron chi connectivity index (χ4n) is 8.87. The molecule has 0 bridgehead atoms. The summed E-state index contributed by atoms with van der Waals surface area (Å²) < 4.78 is 36.2. The molecule has 3 aromatic carbocycles. The number of H-pyrrole nitrogens is 1. The van der Waals surface area contributed by atoms with Crippen LogP contribution in [0.2, 0.25) is 0 Å². The van der Waals surface area contributed by atoms with Crippen molar-refractivity contribution in [3.8, 4) is 5.75 Å². The third-order valence-corrected chi connectivity index (χ3v) is 15.1. The Morgan fingerprint density at radius 1 is 0.690 bits per heavy atom. The van der Waals surface area contributed by atoms with E-state index in [9.17, 15) is 71.4 Å². The molecule has 16 N–H and O–H groups in total. The molecule has 32 heteroatoms. The molecule has 1 saturated heterocycles. The molecular formula is C55H72N12O17S3. The quantitative estimate of drug-likeness (QED) is 0.0219. The predicted molar refractivity (Wildman–Crippen MR) is 320 cm³/mol. The summed E-state index contributed by atoms with van der Waals surface area (Å²) in [6, 6.07) is 8.44. The van der Waals surface area contributed by atoms with Crippen molar-refractivity contribution in [3.63, 3.8) is 0 Å². The van der Waals surface area contributed by atoms with Crippen molar-refractivity contribution < 1.29 is 80.1 Å². The number of carbonyl (C=O) groups excluding carboxylic acids is 9. The first-order valence-electron chi connectivity index (χ1n) is 27.3. The van der Waals surface area contributed by atoms with Crippen LogP contribution in [0, 0.1) is 0 Å². The first-order chi connectivity index (χ1) is 41.4. The van der Waals surface area contributed by atoms with Gasteiger partial charge in [0, 0.05) is 43.0 Å². The van der Waals surface area contributed by atoms with E-state index in [2.05, 4.69) is 62.3 Å². The molecular weight excluding hydrogens is 1200 g/mol. The molecule has 87 heavy (non-hydrogen) atoms. The van der Waals surface area contributed by atoms with Crippen molar-refractivity contribution in [2.75, 3.05) is 43.7 Å². The van der Waals surface area contributed by atoms with Gasteiger partial charge < -0.3 is 78.3 Å². The average Bonchev–Trinajstić information content (AvgIpc) is 2.27. The first-order valence-corrected chi connectivity index (χ1v) is 31.5. The van der Waals surface area contributed by atoms with Gasteiger partial charge in [0.15, 0.2) is 0 Å². The highest BCUT2D eigenvalue weighted by atomic mass is 32.3. The van der Waals surface area contributed by atoms with Gasteiger partial charge in [0.25, 0.3) is 0 Å². The van der Waals surface area contributed by atoms with Gasteiger partial charge in [-0.25, -0.2) is 0 Å². The number of aromatic amines is 1. The SMILES string of the molecule is CSCC[C@@H]1NC(=O)C(Cc2c[nH]c3ccccc23)NC(=O)C(NC(=O)[C@H](CCSC)NC(=O)[C@H](Cc2ccc(OS(=O)(=O)O)cc2)NC(=O)[C@@H](N)CC(=O)O)CNC(=O)CNC(=O)[C@H](CCCNCc2ccccc2)NC(=O)[C@H](CC(=O)O)NC1=O. The Bertz CT molecular complexity index is 3180. The number of thioether (sulfide) groups is 2. The third-order valence-electron chi connectivity index (χ3n) is 13.4. The van der Waals surface area contributed by atoms with Crippen LogP contribution in [0.25, 0.3) is 10.9 Å². The first kappa shape index (κ1) is 69.5. The number of carboxylic acids is 2. The summed E-state index contributed by atoms with van der Waals surface area (Å²) in [5.74, 6) is -11.8. The number of benzene rings is 3. The molecule has 1 aromatic heterocycles. The zero-order chi connectivity index (χ0) is 63.6. The van der Waals surface area contributed by atoms with E-state index in [1.54, 1.807) is 43.0 Å². The summed E-state index contributed by atoms with van der Waals surface area (Å²) in [5.41, 5.74) is 8.22. The van der Waals surface area contributed by atoms with Gasteiger partial charge in [0.05, 0.1) is 25.4 Å². The lowest BCUT2D eigenvalue weighted by molar-refractivity contribution is -0.141. The minimum atomic E-state index is -4.92. The molecule has 0 radical (unpaired) electrons. The summed E-state index contributed by atoms with van der Waals surface area (Å²) in [5, 5.41) is 45.7. The van der Waals surface area contributed by atoms with Crippen LogP contribution in [-0.4, -0.2) is 185 Å². The van der Waals surface area contributed by atoms with E-state index in [4.69, 9.17) is 10.3 Å². The van der Waals surface area contributed by atoms with Gasteiger partial charge in [-0.3, -0.25) is 57.3 Å². The van der Waals surface area contributed by atoms with E-state index in [-0.39, 0.29) is 61.3 Å². The summed E-state index contributed by atoms with van der Waals surface area (Å²) >= 11 is 2.55. The minimum Gasteiger partial charge on any atom is -0.481 e. The standard InChI is InChI=1S/C55H72N12O17S3/c1-85-21-18-39-50(75)66-43(26-47(71)72)54(79)61-38(13-8-20-57-27-32-9-4-3-5-10-32)49(74)60-30-45(68)59-29-44(55(80)65-42(53(78)63-39)24-33-28-58-37-12-7-6-11-35(33)37)67-51(76)40(19-22-86-2)62-52(77)41(64-48(73)36(56)25-46(69)70)23-31-14-16-34(17-15-31)84-87(81,82)83/h3-7,9-12,14-17,28,36,38-44,57-58H,8,13,18-27,29-30,56H2,1-2H3,(H,59,68)(H,60,74)(H,61,79)(H,62,77)(H,63,78)(H,64,73)(H,65,80)(H,66,75)(H,67,76)(H,69,70)(H,71,72)(H,81,82,83)/t36-,38-,39-,40-,41-,42?,43-,44?/m0/s1. The highest BCUT2D eigenvalue weighted by Gasteiger charge is 2.36. The maximum Gasteiger partial charge on any atom is 0.446 e. The van der Waals surface area contributed by atoms with Crippen LogP contribution < -0.4 is 63.1 Å². The number of nitrogens with one attached hydrogen (secondary N) is 11. The van der Waals surface area contributed by atoms with Gasteiger partial charge in [-0.1, -0.05) is 60.7 Å². The van der Waals surface area contributed by atoms with Gasteiger partial charge in [0.2, 0.25) is 53.2 Å². The van der Waals surface area contributed by atoms with Gasteiger partial charge >= 0.3 is 22.3 Å². The van der Waals surface area contributed by atoms with Crippen LogP contribution in [0.3, 0.4) is 0 Å². The van der Waals surface area contributed by atoms with E-state index < -0.39 is 150 Å². The van der Waals surface area contributed by atoms with Crippen LogP contribution >= 0.6 is 23.5 Å². The van der Waals surface area contributed by atoms with Crippen LogP contribution in [-0.2, 0) is 82.5 Å². The second-order valence-corrected chi connectivity index (χ2v) is 23.0. The molecule has 9 amide bonds. The fraction of sp³-hybridized carbons (Fsp3) is 0.436. The van der Waals surface area contributed by atoms with Crippen molar-refractivity contribution >= 4 is 110 Å². The topological polar surface area (TPSA) is 454 Å². The second kappa shape index (κ2) is 34.7. The third kappa shape index (κ3) is 23.8. The molecule has 0 spiro atoms. The van der Waals surface area contributed by atoms with Crippen LogP contribution in [0.5, 0.6) is 5.75 Å². The molecule has 472 valence electrons. The molecule has 0 aliphatic carbocycles. The molecule has 0 saturated carbocycles. The number of carboxylic acid groups (broad SMARTS) is 2. The summed E-state index contributed by atoms with van der Waals surface area (Å²) in [6.45, 7) is -0.691. The molecule has 2 heterocycles. The van der Waals surface area contributed by atoms with Crippen molar-refractivity contribution in [1.29, 1.82) is 0 Å². The lowest BCUT2D eigenvalue weighted by Gasteiger charge is -2.28. The Morgan fingerprint density at radius 3 is 1.98 bits per heavy atom. The maximum atomic E-state index is 14.8. The summed E-state index contributed by atoms with van der Waals surface area (Å²) in [7, 11) is -4.92. The number of amides is 9. The number of aromatic nitrogens is 1. The van der Waals surface area contributed by atoms with Gasteiger partial charge in [-0.05, 0) is 91.1 Å². The van der Waals surface area contributed by atoms with Crippen molar-refractivity contribution in [1.82, 2.24) is 58.2 Å². The Hall–Kier alpha value is -8.30. The number of rotatable bonds is 28. The second-order valence-electron chi connectivity index (χ2n) is 20.0. The Labute approximate surface area is 509 Å². The molecule has 1 aliphatic heterocycles. The van der Waals surface area contributed by atoms with Gasteiger partial charge in [-0.15, -0.1) is 0 Å². The van der Waals surface area contributed by atoms with Crippen LogP contribution in [0.1, 0.15) is 55.2 Å². The van der Waals surface area contributed by atoms with Crippen molar-refractivity contribution in [2.45, 2.75) is 106 Å². The van der Waals surface area contributed by atoms with E-state index >= 15 is 0 Å². The number of fused-ring (bicyclic) bond motifs is 1. The molecule has 1 fully saturated rings. The van der Waals surface area contributed by atoms with E-state index in [1.165, 1.54) is 35.7 Å². The molecule has 5 rings (SSSR count). The number of hydrogen-bond donors (Lipinski definition) is 15. The lowest BCUT2D eigenvalue weighted by Crippen LogP contribution is -2.62. The average molecular weight is 1270 g/mol. The van der Waals surface area contributed by atoms with Crippen LogP contribution in [0.15, 0.2) is 85.1 Å². The van der Waals surface area contributed by atoms with Gasteiger partial charge in [-0.2, -0.15) is 31.9 Å². The number of aliphatic carboxylic acids is 2. The molecule has 29 nitrogen and oxygen atoms in total. The highest BCUT2D eigenvalue weighted by Crippen LogP contribution is 2.20. The number of carbonyl (C=O) groups is 11. The molecule has 8 atom stereocenters.